The number of nitrogens with one attached hydrogen (secondary N) is 3. The van der Waals surface area contributed by atoms with Crippen LogP contribution >= 0.6 is 11.3 Å². The summed E-state index contributed by atoms with van der Waals surface area (Å²) in [7, 11) is 0. The van der Waals surface area contributed by atoms with Crippen molar-refractivity contribution >= 4 is 50.8 Å². The lowest BCUT2D eigenvalue weighted by molar-refractivity contribution is -0.136. The van der Waals surface area contributed by atoms with E-state index < -0.39 is 11.8 Å². The third-order valence-electron chi connectivity index (χ3n) is 4.79. The van der Waals surface area contributed by atoms with E-state index in [2.05, 4.69) is 20.6 Å². The number of aromatic nitrogens is 2. The van der Waals surface area contributed by atoms with Crippen LogP contribution in [0.15, 0.2) is 54.9 Å². The van der Waals surface area contributed by atoms with Crippen LogP contribution in [0, 0.1) is 12.3 Å². The zero-order chi connectivity index (χ0) is 22.7. The molecule has 32 heavy (non-hydrogen) atoms. The number of rotatable bonds is 5. The molecule has 0 fully saturated rings. The molecule has 0 atom stereocenters. The number of carbonyl (C=O) groups is 2. The van der Waals surface area contributed by atoms with E-state index in [4.69, 9.17) is 11.1 Å². The van der Waals surface area contributed by atoms with Gasteiger partial charge in [0.25, 0.3) is 0 Å². The Morgan fingerprint density at radius 3 is 2.66 bits per heavy atom. The predicted octanol–water partition coefficient (Wildman–Crippen LogP) is 3.50. The number of anilines is 2. The Morgan fingerprint density at radius 2 is 1.94 bits per heavy atom. The maximum atomic E-state index is 12.4. The highest BCUT2D eigenvalue weighted by atomic mass is 32.1. The highest BCUT2D eigenvalue weighted by Gasteiger charge is 2.17. The summed E-state index contributed by atoms with van der Waals surface area (Å²) >= 11 is 1.56. The molecule has 160 valence electrons. The van der Waals surface area contributed by atoms with Gasteiger partial charge in [0.15, 0.2) is 0 Å². The second kappa shape index (κ2) is 8.94. The van der Waals surface area contributed by atoms with Crippen LogP contribution in [0.1, 0.15) is 17.0 Å². The van der Waals surface area contributed by atoms with E-state index >= 15 is 0 Å². The standard InChI is InChI=1S/C23H20N6O2S/c1-13-10-27-17(11-26-13)12-28-22(30)23(31)29-16-6-15(9-24)21(25)18(8-16)20-7-14-4-2-3-5-19(14)32-20/h2-11,24H,12,25H2,1H3,(H,28,30)(H,29,31). The molecule has 0 unspecified atom stereocenters. The minimum Gasteiger partial charge on any atom is -0.398 e. The molecule has 8 nitrogen and oxygen atoms in total. The number of hydrogen-bond donors (Lipinski definition) is 4. The molecule has 2 aromatic carbocycles. The first-order valence-corrected chi connectivity index (χ1v) is 10.6. The topological polar surface area (TPSA) is 134 Å². The highest BCUT2D eigenvalue weighted by Crippen LogP contribution is 2.38. The van der Waals surface area contributed by atoms with Crippen molar-refractivity contribution in [1.29, 1.82) is 5.41 Å². The molecule has 2 heterocycles. The van der Waals surface area contributed by atoms with Crippen LogP contribution in [0.4, 0.5) is 11.4 Å². The van der Waals surface area contributed by atoms with Crippen molar-refractivity contribution in [1.82, 2.24) is 15.3 Å². The molecule has 0 saturated heterocycles. The maximum absolute atomic E-state index is 12.4. The molecule has 2 amide bonds. The van der Waals surface area contributed by atoms with Crippen molar-refractivity contribution in [2.24, 2.45) is 0 Å². The fraction of sp³-hybridized carbons (Fsp3) is 0.0870. The third-order valence-corrected chi connectivity index (χ3v) is 5.94. The van der Waals surface area contributed by atoms with Crippen LogP contribution in [0.25, 0.3) is 20.5 Å². The molecule has 4 aromatic rings. The van der Waals surface area contributed by atoms with E-state index in [0.29, 0.717) is 28.2 Å². The van der Waals surface area contributed by atoms with E-state index in [-0.39, 0.29) is 6.54 Å². The smallest absolute Gasteiger partial charge is 0.313 e. The number of nitrogens with two attached hydrogens (primary N) is 1. The number of nitrogens with zero attached hydrogens (tertiary/aromatic N) is 2. The molecule has 0 spiro atoms. The van der Waals surface area contributed by atoms with Gasteiger partial charge in [0, 0.05) is 44.5 Å². The minimum absolute atomic E-state index is 0.0834. The summed E-state index contributed by atoms with van der Waals surface area (Å²) in [5.41, 5.74) is 9.54. The van der Waals surface area contributed by atoms with Crippen molar-refractivity contribution in [2.45, 2.75) is 13.5 Å². The Kier molecular flexibility index (Phi) is 5.91. The lowest BCUT2D eigenvalue weighted by Gasteiger charge is -2.12. The van der Waals surface area contributed by atoms with Gasteiger partial charge in [0.1, 0.15) is 0 Å². The maximum Gasteiger partial charge on any atom is 0.313 e. The SMILES string of the molecule is Cc1cnc(CNC(=O)C(=O)Nc2cc(C=N)c(N)c(-c3cc4ccccc4s3)c2)cn1. The zero-order valence-electron chi connectivity index (χ0n) is 17.2. The van der Waals surface area contributed by atoms with Gasteiger partial charge in [-0.25, -0.2) is 0 Å². The predicted molar refractivity (Wildman–Crippen MR) is 127 cm³/mol. The third kappa shape index (κ3) is 4.47. The Balaban J connectivity index is 1.54. The molecule has 4 rings (SSSR count). The van der Waals surface area contributed by atoms with Crippen LogP contribution in [-0.4, -0.2) is 28.0 Å². The zero-order valence-corrected chi connectivity index (χ0v) is 18.0. The fourth-order valence-electron chi connectivity index (χ4n) is 3.14. The molecule has 0 aliphatic heterocycles. The summed E-state index contributed by atoms with van der Waals surface area (Å²) < 4.78 is 1.10. The average Bonchev–Trinajstić information content (AvgIpc) is 3.23. The molecule has 0 aliphatic carbocycles. The van der Waals surface area contributed by atoms with Gasteiger partial charge in [-0.15, -0.1) is 11.3 Å². The first-order valence-electron chi connectivity index (χ1n) is 9.74. The molecule has 9 heteroatoms. The summed E-state index contributed by atoms with van der Waals surface area (Å²) in [4.78, 5) is 33.8. The van der Waals surface area contributed by atoms with Gasteiger partial charge in [-0.3, -0.25) is 19.6 Å². The monoisotopic (exact) mass is 444 g/mol. The van der Waals surface area contributed by atoms with Gasteiger partial charge in [-0.05, 0) is 36.6 Å². The van der Waals surface area contributed by atoms with Crippen molar-refractivity contribution in [3.63, 3.8) is 0 Å². The van der Waals surface area contributed by atoms with Gasteiger partial charge in [0.05, 0.1) is 24.1 Å². The number of aryl methyl sites for hydroxylation is 1. The Bertz CT molecular complexity index is 1300. The summed E-state index contributed by atoms with van der Waals surface area (Å²) in [6, 6.07) is 13.2. The van der Waals surface area contributed by atoms with Gasteiger partial charge in [-0.1, -0.05) is 18.2 Å². The number of amides is 2. The van der Waals surface area contributed by atoms with Crippen LogP contribution in [0.3, 0.4) is 0 Å². The Morgan fingerprint density at radius 1 is 1.12 bits per heavy atom. The molecular weight excluding hydrogens is 424 g/mol. The Labute approximate surface area is 188 Å². The van der Waals surface area contributed by atoms with E-state index in [0.717, 1.165) is 26.9 Å². The van der Waals surface area contributed by atoms with Gasteiger partial charge in [0.2, 0.25) is 0 Å². The van der Waals surface area contributed by atoms with Crippen molar-refractivity contribution in [2.75, 3.05) is 11.1 Å². The number of thiophene rings is 1. The number of fused-ring (bicyclic) bond motifs is 1. The normalized spacial score (nSPS) is 10.7. The largest absolute Gasteiger partial charge is 0.398 e. The Hall–Kier alpha value is -4.11. The van der Waals surface area contributed by atoms with Crippen LogP contribution in [0.2, 0.25) is 0 Å². The quantitative estimate of drug-likeness (QED) is 0.212. The highest BCUT2D eigenvalue weighted by molar-refractivity contribution is 7.22. The molecular formula is C23H20N6O2S. The van der Waals surface area contributed by atoms with Crippen molar-refractivity contribution in [3.05, 3.63) is 71.8 Å². The molecule has 0 aliphatic rings. The first kappa shape index (κ1) is 21.1. The molecule has 5 N–H and O–H groups in total. The van der Waals surface area contributed by atoms with Crippen molar-refractivity contribution < 1.29 is 9.59 Å². The second-order valence-electron chi connectivity index (χ2n) is 7.11. The molecule has 0 radical (unpaired) electrons. The fourth-order valence-corrected chi connectivity index (χ4v) is 4.23. The van der Waals surface area contributed by atoms with E-state index in [1.807, 2.05) is 37.3 Å². The molecule has 0 saturated carbocycles. The number of hydrogen-bond acceptors (Lipinski definition) is 7. The molecule has 0 bridgehead atoms. The molecule has 2 aromatic heterocycles. The summed E-state index contributed by atoms with van der Waals surface area (Å²) in [6.45, 7) is 1.89. The number of benzene rings is 2. The minimum atomic E-state index is -0.826. The average molecular weight is 445 g/mol. The lowest BCUT2D eigenvalue weighted by atomic mass is 10.0. The summed E-state index contributed by atoms with van der Waals surface area (Å²) in [5.74, 6) is -1.63. The van der Waals surface area contributed by atoms with Gasteiger partial charge < -0.3 is 21.8 Å². The first-order chi connectivity index (χ1) is 15.4. The summed E-state index contributed by atoms with van der Waals surface area (Å²) in [5, 5.41) is 13.9. The summed E-state index contributed by atoms with van der Waals surface area (Å²) in [6.07, 6.45) is 4.25. The second-order valence-corrected chi connectivity index (χ2v) is 8.19. The number of carbonyl (C=O) groups excluding carboxylic acids is 2. The van der Waals surface area contributed by atoms with Crippen molar-refractivity contribution in [3.8, 4) is 10.4 Å². The van der Waals surface area contributed by atoms with Crippen LogP contribution in [0.5, 0.6) is 0 Å². The lowest BCUT2D eigenvalue weighted by Crippen LogP contribution is -2.35. The van der Waals surface area contributed by atoms with Gasteiger partial charge in [-0.2, -0.15) is 0 Å². The number of nitrogen functional groups attached to an aromatic ring is 1. The van der Waals surface area contributed by atoms with E-state index in [9.17, 15) is 9.59 Å². The van der Waals surface area contributed by atoms with Crippen LogP contribution in [-0.2, 0) is 16.1 Å². The van der Waals surface area contributed by atoms with Crippen LogP contribution < -0.4 is 16.4 Å². The van der Waals surface area contributed by atoms with E-state index in [1.165, 1.54) is 0 Å². The van der Waals surface area contributed by atoms with Gasteiger partial charge >= 0.3 is 11.8 Å². The van der Waals surface area contributed by atoms with E-state index in [1.54, 1.807) is 35.9 Å².